The fourth-order valence-corrected chi connectivity index (χ4v) is 2.03. The molecule has 0 atom stereocenters. The average molecular weight is 299 g/mol. The van der Waals surface area contributed by atoms with E-state index in [-0.39, 0.29) is 17.2 Å². The number of nitrogens with one attached hydrogen (secondary N) is 1. The Labute approximate surface area is 128 Å². The first-order valence-corrected chi connectivity index (χ1v) is 6.87. The zero-order valence-corrected chi connectivity index (χ0v) is 12.2. The lowest BCUT2D eigenvalue weighted by Gasteiger charge is -2.07. The maximum atomic E-state index is 11.9. The molecule has 2 aromatic carbocycles. The third kappa shape index (κ3) is 4.09. The van der Waals surface area contributed by atoms with E-state index >= 15 is 0 Å². The van der Waals surface area contributed by atoms with Crippen LogP contribution in [0.4, 0.5) is 5.69 Å². The van der Waals surface area contributed by atoms with Crippen LogP contribution in [0, 0.1) is 6.92 Å². The molecule has 114 valence electrons. The maximum Gasteiger partial charge on any atom is 0.339 e. The molecule has 0 fully saturated rings. The molecule has 0 spiro atoms. The van der Waals surface area contributed by atoms with Crippen LogP contribution in [0.15, 0.2) is 42.5 Å². The van der Waals surface area contributed by atoms with E-state index in [1.54, 1.807) is 0 Å². The van der Waals surface area contributed by atoms with Crippen LogP contribution in [0.5, 0.6) is 5.75 Å². The molecule has 1 amide bonds. The van der Waals surface area contributed by atoms with Gasteiger partial charge in [0.2, 0.25) is 5.91 Å². The molecular formula is C17H17NO4. The van der Waals surface area contributed by atoms with Gasteiger partial charge in [-0.1, -0.05) is 29.8 Å². The van der Waals surface area contributed by atoms with Gasteiger partial charge in [-0.2, -0.15) is 0 Å². The summed E-state index contributed by atoms with van der Waals surface area (Å²) in [5.74, 6) is -1.78. The molecule has 0 unspecified atom stereocenters. The van der Waals surface area contributed by atoms with E-state index in [1.165, 1.54) is 23.8 Å². The number of amides is 1. The number of carbonyl (C=O) groups is 2. The molecule has 0 heterocycles. The Morgan fingerprint density at radius 1 is 1.09 bits per heavy atom. The van der Waals surface area contributed by atoms with Crippen LogP contribution in [-0.2, 0) is 11.2 Å². The molecule has 0 saturated carbocycles. The quantitative estimate of drug-likeness (QED) is 0.792. The van der Waals surface area contributed by atoms with E-state index in [1.807, 2.05) is 31.2 Å². The maximum absolute atomic E-state index is 11.9. The lowest BCUT2D eigenvalue weighted by molar-refractivity contribution is -0.116. The van der Waals surface area contributed by atoms with Gasteiger partial charge in [0, 0.05) is 18.2 Å². The number of hydrogen-bond acceptors (Lipinski definition) is 3. The number of carbonyl (C=O) groups excluding carboxylic acids is 1. The van der Waals surface area contributed by atoms with Gasteiger partial charge in [-0.25, -0.2) is 4.79 Å². The minimum Gasteiger partial charge on any atom is -0.507 e. The van der Waals surface area contributed by atoms with E-state index in [4.69, 9.17) is 5.11 Å². The van der Waals surface area contributed by atoms with E-state index < -0.39 is 5.97 Å². The van der Waals surface area contributed by atoms with Gasteiger partial charge in [0.05, 0.1) is 0 Å². The van der Waals surface area contributed by atoms with Gasteiger partial charge in [-0.3, -0.25) is 4.79 Å². The first-order valence-electron chi connectivity index (χ1n) is 6.87. The number of aryl methyl sites for hydroxylation is 2. The van der Waals surface area contributed by atoms with Crippen LogP contribution < -0.4 is 5.32 Å². The number of hydrogen-bond donors (Lipinski definition) is 3. The number of anilines is 1. The highest BCUT2D eigenvalue weighted by Gasteiger charge is 2.11. The number of aromatic hydroxyl groups is 1. The number of carboxylic acids is 1. The first kappa shape index (κ1) is 15.6. The van der Waals surface area contributed by atoms with Crippen molar-refractivity contribution in [2.24, 2.45) is 0 Å². The monoisotopic (exact) mass is 299 g/mol. The second-order valence-corrected chi connectivity index (χ2v) is 5.07. The summed E-state index contributed by atoms with van der Waals surface area (Å²) >= 11 is 0. The van der Waals surface area contributed by atoms with Gasteiger partial charge in [-0.15, -0.1) is 0 Å². The zero-order chi connectivity index (χ0) is 16.1. The molecule has 2 aromatic rings. The highest BCUT2D eigenvalue weighted by atomic mass is 16.4. The highest BCUT2D eigenvalue weighted by molar-refractivity contribution is 5.94. The van der Waals surface area contributed by atoms with Crippen LogP contribution in [0.3, 0.4) is 0 Å². The molecule has 2 rings (SSSR count). The van der Waals surface area contributed by atoms with Crippen molar-refractivity contribution >= 4 is 17.6 Å². The minimum atomic E-state index is -1.21. The van der Waals surface area contributed by atoms with E-state index in [0.29, 0.717) is 18.5 Å². The molecular weight excluding hydrogens is 282 g/mol. The SMILES string of the molecule is Cc1ccc(CCC(=O)Nc2ccc(C(=O)O)c(O)c2)cc1. The summed E-state index contributed by atoms with van der Waals surface area (Å²) in [7, 11) is 0. The van der Waals surface area contributed by atoms with Gasteiger partial charge >= 0.3 is 5.97 Å². The third-order valence-corrected chi connectivity index (χ3v) is 3.27. The van der Waals surface area contributed by atoms with Crippen molar-refractivity contribution < 1.29 is 19.8 Å². The number of phenols is 1. The number of benzene rings is 2. The Morgan fingerprint density at radius 2 is 1.77 bits per heavy atom. The normalized spacial score (nSPS) is 10.2. The summed E-state index contributed by atoms with van der Waals surface area (Å²) < 4.78 is 0. The predicted molar refractivity (Wildman–Crippen MR) is 83.2 cm³/mol. The molecule has 0 bridgehead atoms. The minimum absolute atomic E-state index is 0.192. The largest absolute Gasteiger partial charge is 0.507 e. The first-order chi connectivity index (χ1) is 10.5. The molecule has 0 saturated heterocycles. The Kier molecular flexibility index (Phi) is 4.78. The van der Waals surface area contributed by atoms with Crippen molar-refractivity contribution in [2.75, 3.05) is 5.32 Å². The lowest BCUT2D eigenvalue weighted by Crippen LogP contribution is -2.12. The highest BCUT2D eigenvalue weighted by Crippen LogP contribution is 2.22. The molecule has 0 aliphatic rings. The van der Waals surface area contributed by atoms with Gasteiger partial charge in [0.25, 0.3) is 0 Å². The summed E-state index contributed by atoms with van der Waals surface area (Å²) in [6, 6.07) is 11.9. The lowest BCUT2D eigenvalue weighted by atomic mass is 10.1. The molecule has 0 radical (unpaired) electrons. The number of carboxylic acid groups (broad SMARTS) is 1. The Bertz CT molecular complexity index is 692. The molecule has 0 aliphatic heterocycles. The van der Waals surface area contributed by atoms with Gasteiger partial charge in [0.1, 0.15) is 11.3 Å². The molecule has 5 heteroatoms. The fraction of sp³-hybridized carbons (Fsp3) is 0.176. The third-order valence-electron chi connectivity index (χ3n) is 3.27. The summed E-state index contributed by atoms with van der Waals surface area (Å²) in [6.07, 6.45) is 0.926. The standard InChI is InChI=1S/C17H17NO4/c1-11-2-4-12(5-3-11)6-9-16(20)18-13-7-8-14(17(21)22)15(19)10-13/h2-5,7-8,10,19H,6,9H2,1H3,(H,18,20)(H,21,22). The van der Waals surface area contributed by atoms with Crippen LogP contribution in [0.1, 0.15) is 27.9 Å². The predicted octanol–water partition coefficient (Wildman–Crippen LogP) is 2.97. The van der Waals surface area contributed by atoms with E-state index in [9.17, 15) is 14.7 Å². The summed E-state index contributed by atoms with van der Waals surface area (Å²) in [5, 5.41) is 21.0. The average Bonchev–Trinajstić information content (AvgIpc) is 2.46. The van der Waals surface area contributed by atoms with Crippen molar-refractivity contribution in [1.82, 2.24) is 0 Å². The molecule has 0 aliphatic carbocycles. The smallest absolute Gasteiger partial charge is 0.339 e. The van der Waals surface area contributed by atoms with Crippen molar-refractivity contribution in [3.63, 3.8) is 0 Å². The van der Waals surface area contributed by atoms with Crippen molar-refractivity contribution in [1.29, 1.82) is 0 Å². The summed E-state index contributed by atoms with van der Waals surface area (Å²) in [5.41, 5.74) is 2.42. The topological polar surface area (TPSA) is 86.6 Å². The second-order valence-electron chi connectivity index (χ2n) is 5.07. The van der Waals surface area contributed by atoms with Crippen molar-refractivity contribution in [3.05, 3.63) is 59.2 Å². The van der Waals surface area contributed by atoms with E-state index in [0.717, 1.165) is 5.56 Å². The van der Waals surface area contributed by atoms with Crippen LogP contribution in [0.2, 0.25) is 0 Å². The van der Waals surface area contributed by atoms with Crippen molar-refractivity contribution in [3.8, 4) is 5.75 Å². The number of aromatic carboxylic acids is 1. The number of rotatable bonds is 5. The Morgan fingerprint density at radius 3 is 2.36 bits per heavy atom. The van der Waals surface area contributed by atoms with Gasteiger partial charge in [0.15, 0.2) is 0 Å². The Balaban J connectivity index is 1.93. The zero-order valence-electron chi connectivity index (χ0n) is 12.2. The summed E-state index contributed by atoms with van der Waals surface area (Å²) in [6.45, 7) is 2.00. The van der Waals surface area contributed by atoms with Crippen LogP contribution in [-0.4, -0.2) is 22.1 Å². The molecule has 3 N–H and O–H groups in total. The fourth-order valence-electron chi connectivity index (χ4n) is 2.03. The Hall–Kier alpha value is -2.82. The second kappa shape index (κ2) is 6.76. The van der Waals surface area contributed by atoms with Crippen LogP contribution >= 0.6 is 0 Å². The van der Waals surface area contributed by atoms with Gasteiger partial charge < -0.3 is 15.5 Å². The van der Waals surface area contributed by atoms with Crippen molar-refractivity contribution in [2.45, 2.75) is 19.8 Å². The molecule has 0 aromatic heterocycles. The summed E-state index contributed by atoms with van der Waals surface area (Å²) in [4.78, 5) is 22.7. The molecule has 5 nitrogen and oxygen atoms in total. The van der Waals surface area contributed by atoms with E-state index in [2.05, 4.69) is 5.32 Å². The van der Waals surface area contributed by atoms with Gasteiger partial charge in [-0.05, 0) is 31.0 Å². The van der Waals surface area contributed by atoms with Crippen LogP contribution in [0.25, 0.3) is 0 Å². The molecule has 22 heavy (non-hydrogen) atoms.